The van der Waals surface area contributed by atoms with Crippen molar-refractivity contribution in [3.8, 4) is 0 Å². The van der Waals surface area contributed by atoms with Crippen molar-refractivity contribution in [3.05, 3.63) is 20.8 Å². The van der Waals surface area contributed by atoms with Crippen molar-refractivity contribution < 1.29 is 4.79 Å². The largest absolute Gasteiger partial charge is 0.338 e. The molecule has 0 spiro atoms. The predicted molar refractivity (Wildman–Crippen MR) is 72.0 cm³/mol. The summed E-state index contributed by atoms with van der Waals surface area (Å²) in [5.74, 6) is 0.662. The van der Waals surface area contributed by atoms with E-state index in [1.165, 1.54) is 11.3 Å². The van der Waals surface area contributed by atoms with Crippen LogP contribution in [0.1, 0.15) is 21.7 Å². The summed E-state index contributed by atoms with van der Waals surface area (Å²) in [6.07, 6.45) is 1.08. The molecule has 1 aromatic heterocycles. The minimum absolute atomic E-state index is 0.0895. The maximum Gasteiger partial charge on any atom is 0.265 e. The van der Waals surface area contributed by atoms with Crippen LogP contribution in [0.4, 0.5) is 0 Å². The first-order chi connectivity index (χ1) is 8.13. The van der Waals surface area contributed by atoms with E-state index in [1.807, 2.05) is 24.3 Å². The lowest BCUT2D eigenvalue weighted by Crippen LogP contribution is -2.30. The van der Waals surface area contributed by atoms with E-state index >= 15 is 0 Å². The Kier molecular flexibility index (Phi) is 4.07. The maximum atomic E-state index is 12.3. The monoisotopic (exact) mass is 272 g/mol. The number of rotatable bonds is 3. The van der Waals surface area contributed by atoms with E-state index < -0.39 is 0 Å². The molecule has 1 saturated heterocycles. The van der Waals surface area contributed by atoms with Crippen molar-refractivity contribution in [1.82, 2.24) is 10.2 Å². The smallest absolute Gasteiger partial charge is 0.265 e. The van der Waals surface area contributed by atoms with Gasteiger partial charge in [0.25, 0.3) is 5.91 Å². The van der Waals surface area contributed by atoms with Gasteiger partial charge in [0.2, 0.25) is 0 Å². The van der Waals surface area contributed by atoms with Crippen LogP contribution in [-0.4, -0.2) is 37.5 Å². The van der Waals surface area contributed by atoms with Crippen molar-refractivity contribution in [2.75, 3.05) is 26.7 Å². The van der Waals surface area contributed by atoms with Crippen LogP contribution in [-0.2, 0) is 0 Å². The number of aryl methyl sites for hydroxylation is 1. The van der Waals surface area contributed by atoms with Crippen molar-refractivity contribution in [3.63, 3.8) is 0 Å². The second-order valence-corrected chi connectivity index (χ2v) is 5.78. The Balaban J connectivity index is 2.04. The van der Waals surface area contributed by atoms with Gasteiger partial charge in [0.05, 0.1) is 5.02 Å². The van der Waals surface area contributed by atoms with E-state index in [0.717, 1.165) is 31.6 Å². The summed E-state index contributed by atoms with van der Waals surface area (Å²) < 4.78 is 0. The molecule has 0 aliphatic carbocycles. The van der Waals surface area contributed by atoms with Gasteiger partial charge in [-0.25, -0.2) is 0 Å². The molecule has 1 N–H and O–H groups in total. The predicted octanol–water partition coefficient (Wildman–Crippen LogP) is 2.39. The molecule has 1 amide bonds. The lowest BCUT2D eigenvalue weighted by atomic mass is 10.1. The van der Waals surface area contributed by atoms with E-state index in [4.69, 9.17) is 11.6 Å². The number of carbonyl (C=O) groups excluding carboxylic acids is 1. The molecule has 1 aliphatic rings. The zero-order valence-electron chi connectivity index (χ0n) is 10.1. The van der Waals surface area contributed by atoms with Crippen LogP contribution in [0.15, 0.2) is 5.38 Å². The molecular formula is C12H17ClN2OS. The van der Waals surface area contributed by atoms with Gasteiger partial charge in [-0.05, 0) is 43.8 Å². The van der Waals surface area contributed by atoms with Gasteiger partial charge in [-0.2, -0.15) is 0 Å². The standard InChI is InChI=1S/C12H17ClN2OS/c1-8-7-17-11(10(8)13)12(16)15-4-3-9(6-15)5-14-2/h7,9,14H,3-6H2,1-2H3. The molecule has 1 unspecified atom stereocenters. The third kappa shape index (κ3) is 2.64. The molecule has 2 rings (SSSR count). The molecule has 94 valence electrons. The van der Waals surface area contributed by atoms with E-state index in [1.54, 1.807) is 0 Å². The molecule has 1 aliphatic heterocycles. The molecule has 5 heteroatoms. The second kappa shape index (κ2) is 5.38. The van der Waals surface area contributed by atoms with Crippen LogP contribution in [0.5, 0.6) is 0 Å². The summed E-state index contributed by atoms with van der Waals surface area (Å²) in [5, 5.41) is 5.73. The average molecular weight is 273 g/mol. The molecule has 3 nitrogen and oxygen atoms in total. The van der Waals surface area contributed by atoms with Crippen molar-refractivity contribution in [2.45, 2.75) is 13.3 Å². The first-order valence-corrected chi connectivity index (χ1v) is 7.06. The van der Waals surface area contributed by atoms with Gasteiger partial charge in [0.1, 0.15) is 4.88 Å². The first kappa shape index (κ1) is 12.9. The highest BCUT2D eigenvalue weighted by molar-refractivity contribution is 7.13. The number of nitrogens with zero attached hydrogens (tertiary/aromatic N) is 1. The second-order valence-electron chi connectivity index (χ2n) is 4.53. The van der Waals surface area contributed by atoms with Gasteiger partial charge < -0.3 is 10.2 Å². The Bertz CT molecular complexity index is 419. The number of nitrogens with one attached hydrogen (secondary N) is 1. The normalized spacial score (nSPS) is 19.9. The first-order valence-electron chi connectivity index (χ1n) is 5.81. The number of thiophene rings is 1. The number of amides is 1. The molecule has 0 bridgehead atoms. The molecule has 17 heavy (non-hydrogen) atoms. The average Bonchev–Trinajstić information content (AvgIpc) is 2.88. The Morgan fingerprint density at radius 2 is 2.47 bits per heavy atom. The molecule has 2 heterocycles. The van der Waals surface area contributed by atoms with Gasteiger partial charge in [0.15, 0.2) is 0 Å². The third-order valence-corrected chi connectivity index (χ3v) is 4.84. The van der Waals surface area contributed by atoms with Crippen LogP contribution >= 0.6 is 22.9 Å². The van der Waals surface area contributed by atoms with Gasteiger partial charge in [-0.3, -0.25) is 4.79 Å². The highest BCUT2D eigenvalue weighted by Gasteiger charge is 2.28. The van der Waals surface area contributed by atoms with Gasteiger partial charge in [-0.1, -0.05) is 11.6 Å². The topological polar surface area (TPSA) is 32.3 Å². The fourth-order valence-corrected chi connectivity index (χ4v) is 3.43. The summed E-state index contributed by atoms with van der Waals surface area (Å²) in [6, 6.07) is 0. The zero-order valence-corrected chi connectivity index (χ0v) is 11.7. The summed E-state index contributed by atoms with van der Waals surface area (Å²) >= 11 is 7.58. The van der Waals surface area contributed by atoms with E-state index in [-0.39, 0.29) is 5.91 Å². The summed E-state index contributed by atoms with van der Waals surface area (Å²) in [6.45, 7) is 4.59. The molecule has 0 aromatic carbocycles. The van der Waals surface area contributed by atoms with Crippen LogP contribution in [0.3, 0.4) is 0 Å². The van der Waals surface area contributed by atoms with E-state index in [0.29, 0.717) is 15.8 Å². The number of likely N-dealkylation sites (tertiary alicyclic amines) is 1. The zero-order chi connectivity index (χ0) is 12.4. The fourth-order valence-electron chi connectivity index (χ4n) is 2.19. The van der Waals surface area contributed by atoms with Crippen molar-refractivity contribution in [1.29, 1.82) is 0 Å². The number of hydrogen-bond acceptors (Lipinski definition) is 3. The summed E-state index contributed by atoms with van der Waals surface area (Å²) in [5.41, 5.74) is 0.992. The Morgan fingerprint density at radius 3 is 3.06 bits per heavy atom. The molecule has 1 fully saturated rings. The third-order valence-electron chi connectivity index (χ3n) is 3.16. The summed E-state index contributed by atoms with van der Waals surface area (Å²) in [4.78, 5) is 14.9. The van der Waals surface area contributed by atoms with Crippen LogP contribution in [0, 0.1) is 12.8 Å². The van der Waals surface area contributed by atoms with Crippen LogP contribution in [0.2, 0.25) is 5.02 Å². The molecule has 0 saturated carbocycles. The minimum atomic E-state index is 0.0895. The van der Waals surface area contributed by atoms with E-state index in [2.05, 4.69) is 5.32 Å². The quantitative estimate of drug-likeness (QED) is 0.916. The Labute approximate surface area is 111 Å². The Morgan fingerprint density at radius 1 is 1.71 bits per heavy atom. The SMILES string of the molecule is CNCC1CCN(C(=O)c2scc(C)c2Cl)C1. The molecular weight excluding hydrogens is 256 g/mol. The lowest BCUT2D eigenvalue weighted by Gasteiger charge is -2.15. The number of halogens is 1. The van der Waals surface area contributed by atoms with Crippen molar-refractivity contribution in [2.24, 2.45) is 5.92 Å². The number of hydrogen-bond donors (Lipinski definition) is 1. The molecule has 1 aromatic rings. The highest BCUT2D eigenvalue weighted by atomic mass is 35.5. The lowest BCUT2D eigenvalue weighted by molar-refractivity contribution is 0.0792. The minimum Gasteiger partial charge on any atom is -0.338 e. The maximum absolute atomic E-state index is 12.3. The molecule has 1 atom stereocenters. The van der Waals surface area contributed by atoms with Gasteiger partial charge >= 0.3 is 0 Å². The van der Waals surface area contributed by atoms with Crippen LogP contribution < -0.4 is 5.32 Å². The number of carbonyl (C=O) groups is 1. The fraction of sp³-hybridized carbons (Fsp3) is 0.583. The van der Waals surface area contributed by atoms with Crippen molar-refractivity contribution >= 4 is 28.8 Å². The summed E-state index contributed by atoms with van der Waals surface area (Å²) in [7, 11) is 1.95. The van der Waals surface area contributed by atoms with Gasteiger partial charge in [-0.15, -0.1) is 11.3 Å². The van der Waals surface area contributed by atoms with Crippen LogP contribution in [0.25, 0.3) is 0 Å². The molecule has 0 radical (unpaired) electrons. The van der Waals surface area contributed by atoms with Gasteiger partial charge in [0, 0.05) is 13.1 Å². The Hall–Kier alpha value is -0.580. The van der Waals surface area contributed by atoms with E-state index in [9.17, 15) is 4.79 Å². The highest BCUT2D eigenvalue weighted by Crippen LogP contribution is 2.29.